The van der Waals surface area contributed by atoms with E-state index in [9.17, 15) is 9.59 Å². The first-order valence-electron chi connectivity index (χ1n) is 6.79. The van der Waals surface area contributed by atoms with Crippen molar-refractivity contribution in [2.45, 2.75) is 19.4 Å². The van der Waals surface area contributed by atoms with Gasteiger partial charge in [-0.1, -0.05) is 19.1 Å². The molecule has 2 atom stereocenters. The Bertz CT molecular complexity index is 375. The van der Waals surface area contributed by atoms with Gasteiger partial charge in [-0.3, -0.25) is 4.79 Å². The van der Waals surface area contributed by atoms with Gasteiger partial charge in [0.1, 0.15) is 0 Å². The molecule has 19 heavy (non-hydrogen) atoms. The van der Waals surface area contributed by atoms with Crippen LogP contribution in [-0.4, -0.2) is 65.7 Å². The number of rotatable bonds is 3. The van der Waals surface area contributed by atoms with E-state index in [2.05, 4.69) is 17.1 Å². The van der Waals surface area contributed by atoms with Gasteiger partial charge in [-0.15, -0.1) is 0 Å². The number of likely N-dealkylation sites (N-methyl/N-ethyl adjacent to an activating group) is 1. The Labute approximate surface area is 113 Å². The van der Waals surface area contributed by atoms with Gasteiger partial charge in [0.25, 0.3) is 0 Å². The number of carboxylic acid groups (broad SMARTS) is 1. The van der Waals surface area contributed by atoms with Crippen molar-refractivity contribution in [2.24, 2.45) is 5.92 Å². The first kappa shape index (κ1) is 13.9. The molecular formula is C13H21N3O3. The maximum absolute atomic E-state index is 12.0. The average Bonchev–Trinajstić information content (AvgIpc) is 2.87. The fourth-order valence-corrected chi connectivity index (χ4v) is 2.51. The van der Waals surface area contributed by atoms with Gasteiger partial charge < -0.3 is 20.2 Å². The van der Waals surface area contributed by atoms with Crippen LogP contribution in [0.2, 0.25) is 0 Å². The molecule has 2 unspecified atom stereocenters. The third kappa shape index (κ3) is 3.47. The van der Waals surface area contributed by atoms with E-state index >= 15 is 0 Å². The number of piperazine rings is 1. The third-order valence-electron chi connectivity index (χ3n) is 3.82. The number of nitrogens with one attached hydrogen (secondary N) is 1. The molecule has 1 saturated heterocycles. The molecule has 1 aliphatic carbocycles. The van der Waals surface area contributed by atoms with Crippen LogP contribution in [0.5, 0.6) is 0 Å². The highest BCUT2D eigenvalue weighted by Gasteiger charge is 2.27. The van der Waals surface area contributed by atoms with Crippen molar-refractivity contribution in [1.82, 2.24) is 15.1 Å². The predicted octanol–water partition coefficient (Wildman–Crippen LogP) is 0.363. The molecule has 2 aliphatic rings. The van der Waals surface area contributed by atoms with E-state index in [1.54, 1.807) is 17.1 Å². The van der Waals surface area contributed by atoms with Crippen LogP contribution in [0.15, 0.2) is 12.2 Å². The lowest BCUT2D eigenvalue weighted by Crippen LogP contribution is -2.53. The van der Waals surface area contributed by atoms with E-state index in [0.29, 0.717) is 6.42 Å². The molecule has 106 valence electrons. The Hall–Kier alpha value is -1.56. The maximum Gasteiger partial charge on any atom is 0.317 e. The van der Waals surface area contributed by atoms with Crippen LogP contribution >= 0.6 is 0 Å². The molecular weight excluding hydrogens is 246 g/mol. The zero-order chi connectivity index (χ0) is 13.8. The maximum atomic E-state index is 12.0. The van der Waals surface area contributed by atoms with E-state index in [0.717, 1.165) is 32.7 Å². The summed E-state index contributed by atoms with van der Waals surface area (Å²) in [6.45, 7) is 6.41. The SMILES string of the molecule is CCN1CCN(C(=O)NC2C=CC(C(=O)O)C2)CC1. The summed E-state index contributed by atoms with van der Waals surface area (Å²) in [6, 6.07) is -0.241. The summed E-state index contributed by atoms with van der Waals surface area (Å²) in [6.07, 6.45) is 3.89. The lowest BCUT2D eigenvalue weighted by Gasteiger charge is -2.34. The second-order valence-corrected chi connectivity index (χ2v) is 5.04. The number of hydrogen-bond acceptors (Lipinski definition) is 3. The average molecular weight is 267 g/mol. The van der Waals surface area contributed by atoms with Crippen molar-refractivity contribution in [3.63, 3.8) is 0 Å². The topological polar surface area (TPSA) is 72.9 Å². The lowest BCUT2D eigenvalue weighted by molar-refractivity contribution is -0.140. The van der Waals surface area contributed by atoms with Gasteiger partial charge in [0, 0.05) is 26.2 Å². The number of urea groups is 1. The van der Waals surface area contributed by atoms with Crippen LogP contribution < -0.4 is 5.32 Å². The second kappa shape index (κ2) is 6.06. The quantitative estimate of drug-likeness (QED) is 0.724. The van der Waals surface area contributed by atoms with Crippen molar-refractivity contribution >= 4 is 12.0 Å². The molecule has 0 saturated carbocycles. The molecule has 6 heteroatoms. The predicted molar refractivity (Wildman–Crippen MR) is 70.9 cm³/mol. The zero-order valence-corrected chi connectivity index (χ0v) is 11.2. The van der Waals surface area contributed by atoms with Gasteiger partial charge in [0.15, 0.2) is 0 Å². The number of hydrogen-bond donors (Lipinski definition) is 2. The summed E-state index contributed by atoms with van der Waals surface area (Å²) in [7, 11) is 0. The van der Waals surface area contributed by atoms with E-state index < -0.39 is 11.9 Å². The second-order valence-electron chi connectivity index (χ2n) is 5.04. The van der Waals surface area contributed by atoms with Gasteiger partial charge in [0.05, 0.1) is 12.0 Å². The smallest absolute Gasteiger partial charge is 0.317 e. The highest BCUT2D eigenvalue weighted by atomic mass is 16.4. The highest BCUT2D eigenvalue weighted by molar-refractivity contribution is 5.76. The molecule has 1 heterocycles. The Morgan fingerprint density at radius 3 is 2.47 bits per heavy atom. The van der Waals surface area contributed by atoms with E-state index in [1.165, 1.54) is 0 Å². The Balaban J connectivity index is 1.77. The molecule has 1 fully saturated rings. The highest BCUT2D eigenvalue weighted by Crippen LogP contribution is 2.18. The third-order valence-corrected chi connectivity index (χ3v) is 3.82. The van der Waals surface area contributed by atoms with Crippen molar-refractivity contribution in [1.29, 1.82) is 0 Å². The number of carbonyl (C=O) groups excluding carboxylic acids is 1. The van der Waals surface area contributed by atoms with Crippen molar-refractivity contribution < 1.29 is 14.7 Å². The van der Waals surface area contributed by atoms with Crippen LogP contribution in [0.4, 0.5) is 4.79 Å². The van der Waals surface area contributed by atoms with Gasteiger partial charge >= 0.3 is 12.0 Å². The Morgan fingerprint density at radius 2 is 1.95 bits per heavy atom. The Kier molecular flexibility index (Phi) is 4.42. The minimum atomic E-state index is -0.829. The summed E-state index contributed by atoms with van der Waals surface area (Å²) in [5.41, 5.74) is 0. The lowest BCUT2D eigenvalue weighted by atomic mass is 10.1. The van der Waals surface area contributed by atoms with Crippen molar-refractivity contribution in [3.8, 4) is 0 Å². The molecule has 0 aromatic carbocycles. The molecule has 2 rings (SSSR count). The van der Waals surface area contributed by atoms with Crippen LogP contribution in [0.3, 0.4) is 0 Å². The number of amides is 2. The van der Waals surface area contributed by atoms with E-state index in [-0.39, 0.29) is 12.1 Å². The molecule has 0 aromatic heterocycles. The minimum absolute atomic E-state index is 0.0866. The van der Waals surface area contributed by atoms with E-state index in [4.69, 9.17) is 5.11 Å². The molecule has 1 aliphatic heterocycles. The van der Waals surface area contributed by atoms with Crippen LogP contribution in [0.25, 0.3) is 0 Å². The fourth-order valence-electron chi connectivity index (χ4n) is 2.51. The normalized spacial score (nSPS) is 27.5. The number of nitrogens with zero attached hydrogens (tertiary/aromatic N) is 2. The largest absolute Gasteiger partial charge is 0.481 e. The molecule has 0 spiro atoms. The first-order valence-corrected chi connectivity index (χ1v) is 6.79. The van der Waals surface area contributed by atoms with E-state index in [1.807, 2.05) is 0 Å². The summed E-state index contributed by atoms with van der Waals surface area (Å²) >= 11 is 0. The first-order chi connectivity index (χ1) is 9.10. The summed E-state index contributed by atoms with van der Waals surface area (Å²) in [5, 5.41) is 11.8. The van der Waals surface area contributed by atoms with Gasteiger partial charge in [-0.05, 0) is 13.0 Å². The number of aliphatic carboxylic acids is 1. The monoisotopic (exact) mass is 267 g/mol. The standard InChI is InChI=1S/C13H21N3O3/c1-2-15-5-7-16(8-6-15)13(19)14-11-4-3-10(9-11)12(17)18/h3-4,10-11H,2,5-9H2,1H3,(H,14,19)(H,17,18). The molecule has 0 aromatic rings. The molecule has 6 nitrogen and oxygen atoms in total. The molecule has 2 N–H and O–H groups in total. The Morgan fingerprint density at radius 1 is 1.26 bits per heavy atom. The van der Waals surface area contributed by atoms with Gasteiger partial charge in [-0.2, -0.15) is 0 Å². The van der Waals surface area contributed by atoms with Gasteiger partial charge in [0.2, 0.25) is 0 Å². The summed E-state index contributed by atoms with van der Waals surface area (Å²) in [4.78, 5) is 27.0. The fraction of sp³-hybridized carbons (Fsp3) is 0.692. The zero-order valence-electron chi connectivity index (χ0n) is 11.2. The summed E-state index contributed by atoms with van der Waals surface area (Å²) in [5.74, 6) is -1.30. The van der Waals surface area contributed by atoms with Crippen LogP contribution in [0, 0.1) is 5.92 Å². The minimum Gasteiger partial charge on any atom is -0.481 e. The van der Waals surface area contributed by atoms with Crippen molar-refractivity contribution in [3.05, 3.63) is 12.2 Å². The molecule has 2 amide bonds. The number of carboxylic acids is 1. The van der Waals surface area contributed by atoms with Gasteiger partial charge in [-0.25, -0.2) is 4.79 Å². The molecule has 0 bridgehead atoms. The number of carbonyl (C=O) groups is 2. The van der Waals surface area contributed by atoms with Crippen LogP contribution in [0.1, 0.15) is 13.3 Å². The van der Waals surface area contributed by atoms with Crippen molar-refractivity contribution in [2.75, 3.05) is 32.7 Å². The molecule has 0 radical (unpaired) electrons. The van der Waals surface area contributed by atoms with Crippen LogP contribution in [-0.2, 0) is 4.79 Å². The summed E-state index contributed by atoms with van der Waals surface area (Å²) < 4.78 is 0.